The van der Waals surface area contributed by atoms with Gasteiger partial charge in [0.05, 0.1) is 24.0 Å². The van der Waals surface area contributed by atoms with E-state index in [1.165, 1.54) is 4.90 Å². The molecule has 0 spiro atoms. The maximum absolute atomic E-state index is 10.6. The molecule has 1 heterocycles. The van der Waals surface area contributed by atoms with E-state index in [1.807, 2.05) is 30.5 Å². The summed E-state index contributed by atoms with van der Waals surface area (Å²) in [5, 5.41) is 26.4. The SMILES string of the molecule is O=C([O-])CN(CCn1cc2ccccc2n1)CC(=O)[O-].[Na+].[Na+]. The van der Waals surface area contributed by atoms with E-state index in [0.717, 1.165) is 10.9 Å². The Morgan fingerprint density at radius 3 is 2.23 bits per heavy atom. The first-order valence-electron chi connectivity index (χ1n) is 6.09. The van der Waals surface area contributed by atoms with Crippen LogP contribution >= 0.6 is 0 Å². The van der Waals surface area contributed by atoms with Crippen molar-refractivity contribution in [1.82, 2.24) is 14.7 Å². The molecule has 106 valence electrons. The van der Waals surface area contributed by atoms with Gasteiger partial charge in [0.25, 0.3) is 0 Å². The Morgan fingerprint density at radius 2 is 1.68 bits per heavy atom. The summed E-state index contributed by atoms with van der Waals surface area (Å²) in [4.78, 5) is 22.3. The molecule has 0 amide bonds. The largest absolute Gasteiger partial charge is 1.00 e. The predicted molar refractivity (Wildman–Crippen MR) is 66.2 cm³/mol. The fourth-order valence-electron chi connectivity index (χ4n) is 1.95. The normalized spacial score (nSPS) is 10.0. The fourth-order valence-corrected chi connectivity index (χ4v) is 1.95. The molecule has 0 aliphatic carbocycles. The molecular weight excluding hydrogens is 308 g/mol. The third-order valence-electron chi connectivity index (χ3n) is 2.81. The van der Waals surface area contributed by atoms with Crippen molar-refractivity contribution in [2.24, 2.45) is 0 Å². The van der Waals surface area contributed by atoms with E-state index in [9.17, 15) is 19.8 Å². The maximum Gasteiger partial charge on any atom is 1.00 e. The summed E-state index contributed by atoms with van der Waals surface area (Å²) in [5.41, 5.74) is 0.832. The smallest absolute Gasteiger partial charge is 0.549 e. The zero-order valence-corrected chi connectivity index (χ0v) is 16.7. The first-order chi connectivity index (χ1) is 9.54. The van der Waals surface area contributed by atoms with Crippen molar-refractivity contribution < 1.29 is 78.9 Å². The van der Waals surface area contributed by atoms with Crippen LogP contribution in [0.2, 0.25) is 0 Å². The number of carbonyl (C=O) groups excluding carboxylic acids is 2. The Balaban J connectivity index is 0.00000220. The number of hydrogen-bond donors (Lipinski definition) is 0. The number of carbonyl (C=O) groups is 2. The van der Waals surface area contributed by atoms with Gasteiger partial charge in [-0.2, -0.15) is 5.10 Å². The zero-order valence-electron chi connectivity index (χ0n) is 12.7. The molecule has 2 rings (SSSR count). The molecule has 2 aromatic rings. The minimum Gasteiger partial charge on any atom is -0.549 e. The number of rotatable bonds is 7. The Labute approximate surface area is 171 Å². The Bertz CT molecular complexity index is 584. The van der Waals surface area contributed by atoms with Crippen molar-refractivity contribution in [2.45, 2.75) is 6.54 Å². The number of hydrogen-bond acceptors (Lipinski definition) is 6. The van der Waals surface area contributed by atoms with E-state index in [2.05, 4.69) is 5.10 Å². The number of carboxylic acid groups (broad SMARTS) is 2. The van der Waals surface area contributed by atoms with Gasteiger partial charge in [0.15, 0.2) is 0 Å². The van der Waals surface area contributed by atoms with Gasteiger partial charge in [-0.15, -0.1) is 0 Å². The molecule has 0 fully saturated rings. The second-order valence-electron chi connectivity index (χ2n) is 4.41. The van der Waals surface area contributed by atoms with E-state index >= 15 is 0 Å². The van der Waals surface area contributed by atoms with E-state index < -0.39 is 25.0 Å². The van der Waals surface area contributed by atoms with Crippen LogP contribution in [0.15, 0.2) is 30.5 Å². The van der Waals surface area contributed by atoms with Crippen molar-refractivity contribution in [3.05, 3.63) is 30.5 Å². The second-order valence-corrected chi connectivity index (χ2v) is 4.41. The summed E-state index contributed by atoms with van der Waals surface area (Å²) in [7, 11) is 0. The minimum atomic E-state index is -1.32. The summed E-state index contributed by atoms with van der Waals surface area (Å²) in [5.74, 6) is -2.64. The monoisotopic (exact) mass is 321 g/mol. The molecule has 0 aliphatic heterocycles. The summed E-state index contributed by atoms with van der Waals surface area (Å²) in [6.07, 6.45) is 1.82. The maximum atomic E-state index is 10.6. The molecule has 0 bridgehead atoms. The van der Waals surface area contributed by atoms with Crippen LogP contribution in [-0.2, 0) is 16.1 Å². The van der Waals surface area contributed by atoms with Crippen LogP contribution in [0.3, 0.4) is 0 Å². The second kappa shape index (κ2) is 10.4. The number of aromatic nitrogens is 2. The third kappa shape index (κ3) is 6.78. The molecule has 0 N–H and O–H groups in total. The predicted octanol–water partition coefficient (Wildman–Crippen LogP) is -8.15. The van der Waals surface area contributed by atoms with Crippen LogP contribution in [0, 0.1) is 0 Å². The van der Waals surface area contributed by atoms with Crippen LogP contribution in [-0.4, -0.2) is 46.3 Å². The zero-order chi connectivity index (χ0) is 14.5. The van der Waals surface area contributed by atoms with Crippen LogP contribution < -0.4 is 69.3 Å². The van der Waals surface area contributed by atoms with Crippen LogP contribution in [0.1, 0.15) is 0 Å². The van der Waals surface area contributed by atoms with Gasteiger partial charge in [0.1, 0.15) is 0 Å². The molecule has 0 saturated heterocycles. The first-order valence-corrected chi connectivity index (χ1v) is 6.09. The number of carboxylic acids is 2. The summed E-state index contributed by atoms with van der Waals surface area (Å²) >= 11 is 0. The fraction of sp³-hybridized carbons (Fsp3) is 0.308. The average Bonchev–Trinajstić information content (AvgIpc) is 2.77. The van der Waals surface area contributed by atoms with Crippen LogP contribution in [0.5, 0.6) is 0 Å². The average molecular weight is 321 g/mol. The van der Waals surface area contributed by atoms with Crippen molar-refractivity contribution in [1.29, 1.82) is 0 Å². The van der Waals surface area contributed by atoms with E-state index in [-0.39, 0.29) is 65.7 Å². The Morgan fingerprint density at radius 1 is 1.09 bits per heavy atom. The van der Waals surface area contributed by atoms with Crippen molar-refractivity contribution in [3.63, 3.8) is 0 Å². The minimum absolute atomic E-state index is 0. The summed E-state index contributed by atoms with van der Waals surface area (Å²) < 4.78 is 1.65. The van der Waals surface area contributed by atoms with Crippen LogP contribution in [0.4, 0.5) is 0 Å². The van der Waals surface area contributed by atoms with Gasteiger partial charge in [-0.3, -0.25) is 9.58 Å². The van der Waals surface area contributed by atoms with Crippen molar-refractivity contribution >= 4 is 22.8 Å². The number of aliphatic carboxylic acids is 2. The van der Waals surface area contributed by atoms with Gasteiger partial charge >= 0.3 is 59.1 Å². The molecular formula is C13H13N3Na2O4. The van der Waals surface area contributed by atoms with E-state index in [1.54, 1.807) is 4.68 Å². The van der Waals surface area contributed by atoms with Crippen LogP contribution in [0.25, 0.3) is 10.9 Å². The molecule has 0 aliphatic rings. The molecule has 0 radical (unpaired) electrons. The molecule has 22 heavy (non-hydrogen) atoms. The quantitative estimate of drug-likeness (QED) is 0.470. The van der Waals surface area contributed by atoms with Gasteiger partial charge in [-0.05, 0) is 6.07 Å². The van der Waals surface area contributed by atoms with Crippen molar-refractivity contribution in [2.75, 3.05) is 19.6 Å². The molecule has 1 aromatic carbocycles. The van der Waals surface area contributed by atoms with Gasteiger partial charge < -0.3 is 19.8 Å². The number of benzene rings is 1. The molecule has 0 atom stereocenters. The Kier molecular flexibility index (Phi) is 10.2. The molecule has 1 aromatic heterocycles. The van der Waals surface area contributed by atoms with Gasteiger partial charge in [-0.1, -0.05) is 18.2 Å². The number of fused-ring (bicyclic) bond motifs is 1. The standard InChI is InChI=1S/C13H15N3O4.2Na/c17-12(18)8-15(9-13(19)20)5-6-16-7-10-3-1-2-4-11(10)14-16;;/h1-4,7H,5-6,8-9H2,(H,17,18)(H,19,20);;/q;2*+1/p-2. The van der Waals surface area contributed by atoms with Gasteiger partial charge in [-0.25, -0.2) is 0 Å². The number of nitrogens with zero attached hydrogens (tertiary/aromatic N) is 3. The Hall–Kier alpha value is -0.410. The molecule has 9 heteroatoms. The third-order valence-corrected chi connectivity index (χ3v) is 2.81. The topological polar surface area (TPSA) is 101 Å². The van der Waals surface area contributed by atoms with Crippen molar-refractivity contribution in [3.8, 4) is 0 Å². The molecule has 7 nitrogen and oxygen atoms in total. The van der Waals surface area contributed by atoms with Gasteiger partial charge in [0.2, 0.25) is 0 Å². The summed E-state index contributed by atoms with van der Waals surface area (Å²) in [6.45, 7) is -0.283. The molecule has 0 saturated carbocycles. The summed E-state index contributed by atoms with van der Waals surface area (Å²) in [6, 6.07) is 7.55. The van der Waals surface area contributed by atoms with Gasteiger partial charge in [0, 0.05) is 31.2 Å². The van der Waals surface area contributed by atoms with E-state index in [0.29, 0.717) is 6.54 Å². The first kappa shape index (κ1) is 21.6. The van der Waals surface area contributed by atoms with E-state index in [4.69, 9.17) is 0 Å². The molecule has 0 unspecified atom stereocenters.